The first kappa shape index (κ1) is 20.8. The van der Waals surface area contributed by atoms with Crippen LogP contribution in [0.25, 0.3) is 11.0 Å². The second-order valence-electron chi connectivity index (χ2n) is 7.14. The van der Waals surface area contributed by atoms with Gasteiger partial charge in [-0.3, -0.25) is 4.79 Å². The van der Waals surface area contributed by atoms with E-state index >= 15 is 0 Å². The minimum Gasteiger partial charge on any atom is -0.468 e. The smallest absolute Gasteiger partial charge is 0.243 e. The van der Waals surface area contributed by atoms with E-state index in [0.717, 1.165) is 20.9 Å². The van der Waals surface area contributed by atoms with E-state index in [2.05, 4.69) is 15.3 Å². The summed E-state index contributed by atoms with van der Waals surface area (Å²) in [5, 5.41) is 2.73. The quantitative estimate of drug-likeness (QED) is 0.440. The zero-order chi connectivity index (χ0) is 21.8. The van der Waals surface area contributed by atoms with E-state index in [1.54, 1.807) is 24.3 Å². The minimum atomic E-state index is -3.90. The maximum Gasteiger partial charge on any atom is 0.243 e. The third-order valence-electron chi connectivity index (χ3n) is 4.78. The Kier molecular flexibility index (Phi) is 5.88. The van der Waals surface area contributed by atoms with Gasteiger partial charge in [-0.1, -0.05) is 29.8 Å². The van der Waals surface area contributed by atoms with Crippen molar-refractivity contribution < 1.29 is 17.6 Å². The Morgan fingerprint density at radius 1 is 1.10 bits per heavy atom. The standard InChI is InChI=1S/C22H22N4O4S/c1-16-8-10-18(11-9-16)31(28,29)26(14-17-5-4-12-30-17)15-22(27)23-13-21-24-19-6-2-3-7-20(19)25-21/h2-12H,13-15H2,1H3,(H,23,27)(H,24,25). The molecule has 2 heterocycles. The van der Waals surface area contributed by atoms with Crippen LogP contribution >= 0.6 is 0 Å². The first-order valence-corrected chi connectivity index (χ1v) is 11.2. The lowest BCUT2D eigenvalue weighted by atomic mass is 10.2. The summed E-state index contributed by atoms with van der Waals surface area (Å²) in [5.41, 5.74) is 2.61. The van der Waals surface area contributed by atoms with E-state index in [-0.39, 0.29) is 24.5 Å². The minimum absolute atomic E-state index is 0.0543. The number of aromatic nitrogens is 2. The molecule has 0 unspecified atom stereocenters. The number of para-hydroxylation sites is 2. The number of sulfonamides is 1. The first-order valence-electron chi connectivity index (χ1n) is 9.71. The van der Waals surface area contributed by atoms with Crippen LogP contribution in [-0.2, 0) is 27.9 Å². The van der Waals surface area contributed by atoms with Crippen molar-refractivity contribution in [1.29, 1.82) is 0 Å². The van der Waals surface area contributed by atoms with Crippen molar-refractivity contribution >= 4 is 27.0 Å². The van der Waals surface area contributed by atoms with E-state index < -0.39 is 15.9 Å². The lowest BCUT2D eigenvalue weighted by Crippen LogP contribution is -2.40. The fourth-order valence-electron chi connectivity index (χ4n) is 3.15. The molecule has 4 aromatic rings. The Morgan fingerprint density at radius 3 is 2.58 bits per heavy atom. The number of nitrogens with zero attached hydrogens (tertiary/aromatic N) is 2. The number of hydrogen-bond donors (Lipinski definition) is 2. The number of H-pyrrole nitrogens is 1. The van der Waals surface area contributed by atoms with Gasteiger partial charge in [0.2, 0.25) is 15.9 Å². The highest BCUT2D eigenvalue weighted by Crippen LogP contribution is 2.19. The van der Waals surface area contributed by atoms with E-state index in [9.17, 15) is 13.2 Å². The van der Waals surface area contributed by atoms with Gasteiger partial charge in [0.25, 0.3) is 0 Å². The largest absolute Gasteiger partial charge is 0.468 e. The maximum absolute atomic E-state index is 13.2. The fourth-order valence-corrected chi connectivity index (χ4v) is 4.51. The number of imidazole rings is 1. The molecule has 0 aliphatic rings. The summed E-state index contributed by atoms with van der Waals surface area (Å²) in [4.78, 5) is 20.3. The molecule has 8 nitrogen and oxygen atoms in total. The number of hydrogen-bond acceptors (Lipinski definition) is 5. The molecule has 0 radical (unpaired) electrons. The fraction of sp³-hybridized carbons (Fsp3) is 0.182. The molecule has 0 spiro atoms. The molecule has 2 aromatic heterocycles. The van der Waals surface area contributed by atoms with Crippen molar-refractivity contribution in [3.63, 3.8) is 0 Å². The molecule has 31 heavy (non-hydrogen) atoms. The van der Waals surface area contributed by atoms with Crippen LogP contribution in [0.4, 0.5) is 0 Å². The zero-order valence-corrected chi connectivity index (χ0v) is 17.7. The number of aryl methyl sites for hydroxylation is 1. The van der Waals surface area contributed by atoms with Crippen molar-refractivity contribution in [3.05, 3.63) is 84.1 Å². The summed E-state index contributed by atoms with van der Waals surface area (Å²) in [6.07, 6.45) is 1.47. The van der Waals surface area contributed by atoms with Crippen LogP contribution in [0.3, 0.4) is 0 Å². The van der Waals surface area contributed by atoms with E-state index in [1.807, 2.05) is 31.2 Å². The van der Waals surface area contributed by atoms with Gasteiger partial charge >= 0.3 is 0 Å². The molecule has 0 bridgehead atoms. The molecule has 2 aromatic carbocycles. The summed E-state index contributed by atoms with van der Waals surface area (Å²) >= 11 is 0. The molecule has 0 fully saturated rings. The van der Waals surface area contributed by atoms with Gasteiger partial charge in [-0.2, -0.15) is 4.31 Å². The Morgan fingerprint density at radius 2 is 1.87 bits per heavy atom. The van der Waals surface area contributed by atoms with Gasteiger partial charge in [0.05, 0.1) is 41.8 Å². The summed E-state index contributed by atoms with van der Waals surface area (Å²) in [7, 11) is -3.90. The molecule has 0 atom stereocenters. The molecule has 0 aliphatic carbocycles. The third-order valence-corrected chi connectivity index (χ3v) is 6.59. The van der Waals surface area contributed by atoms with E-state index in [1.165, 1.54) is 18.4 Å². The molecule has 1 amide bonds. The van der Waals surface area contributed by atoms with Gasteiger partial charge in [-0.05, 0) is 43.3 Å². The summed E-state index contributed by atoms with van der Waals surface area (Å²) < 4.78 is 32.8. The van der Waals surface area contributed by atoms with Crippen LogP contribution < -0.4 is 5.32 Å². The second kappa shape index (κ2) is 8.75. The van der Waals surface area contributed by atoms with Gasteiger partial charge in [-0.15, -0.1) is 0 Å². The van der Waals surface area contributed by atoms with Crippen molar-refractivity contribution in [2.24, 2.45) is 0 Å². The number of carbonyl (C=O) groups excluding carboxylic acids is 1. The lowest BCUT2D eigenvalue weighted by Gasteiger charge is -2.21. The van der Waals surface area contributed by atoms with Crippen LogP contribution in [-0.4, -0.2) is 35.1 Å². The predicted octanol–water partition coefficient (Wildman–Crippen LogP) is 2.97. The number of fused-ring (bicyclic) bond motifs is 1. The van der Waals surface area contributed by atoms with Crippen LogP contribution in [0.1, 0.15) is 17.1 Å². The Labute approximate surface area is 180 Å². The van der Waals surface area contributed by atoms with Crippen LogP contribution in [0.5, 0.6) is 0 Å². The molecular weight excluding hydrogens is 416 g/mol. The highest BCUT2D eigenvalue weighted by molar-refractivity contribution is 7.89. The SMILES string of the molecule is Cc1ccc(S(=O)(=O)N(CC(=O)NCc2nc3ccccc3[nH]2)Cc2ccco2)cc1. The van der Waals surface area contributed by atoms with Gasteiger partial charge in [0.15, 0.2) is 0 Å². The van der Waals surface area contributed by atoms with Gasteiger partial charge < -0.3 is 14.7 Å². The second-order valence-corrected chi connectivity index (χ2v) is 9.08. The topological polar surface area (TPSA) is 108 Å². The molecular formula is C22H22N4O4S. The highest BCUT2D eigenvalue weighted by atomic mass is 32.2. The molecule has 160 valence electrons. The summed E-state index contributed by atoms with van der Waals surface area (Å²) in [6, 6.07) is 17.4. The van der Waals surface area contributed by atoms with Crippen LogP contribution in [0.2, 0.25) is 0 Å². The van der Waals surface area contributed by atoms with Gasteiger partial charge in [0, 0.05) is 0 Å². The van der Waals surface area contributed by atoms with Gasteiger partial charge in [0.1, 0.15) is 11.6 Å². The Bertz CT molecular complexity index is 1250. The van der Waals surface area contributed by atoms with Crippen molar-refractivity contribution in [2.45, 2.75) is 24.9 Å². The Balaban J connectivity index is 1.49. The molecule has 9 heteroatoms. The number of furan rings is 1. The maximum atomic E-state index is 13.2. The van der Waals surface area contributed by atoms with E-state index in [0.29, 0.717) is 11.6 Å². The monoisotopic (exact) mass is 438 g/mol. The number of amides is 1. The predicted molar refractivity (Wildman–Crippen MR) is 115 cm³/mol. The molecule has 2 N–H and O–H groups in total. The number of carbonyl (C=O) groups is 1. The van der Waals surface area contributed by atoms with Crippen molar-refractivity contribution in [3.8, 4) is 0 Å². The molecule has 0 saturated carbocycles. The summed E-state index contributed by atoms with van der Waals surface area (Å²) in [6.45, 7) is 1.63. The highest BCUT2D eigenvalue weighted by Gasteiger charge is 2.27. The lowest BCUT2D eigenvalue weighted by molar-refractivity contribution is -0.121. The number of aromatic amines is 1. The third kappa shape index (κ3) is 4.84. The Hall–Kier alpha value is -3.43. The zero-order valence-electron chi connectivity index (χ0n) is 16.9. The average molecular weight is 439 g/mol. The van der Waals surface area contributed by atoms with Crippen molar-refractivity contribution in [1.82, 2.24) is 19.6 Å². The molecule has 0 aliphatic heterocycles. The number of rotatable bonds is 8. The molecule has 0 saturated heterocycles. The van der Waals surface area contributed by atoms with Crippen LogP contribution in [0.15, 0.2) is 76.2 Å². The van der Waals surface area contributed by atoms with Gasteiger partial charge in [-0.25, -0.2) is 13.4 Å². The van der Waals surface area contributed by atoms with E-state index in [4.69, 9.17) is 4.42 Å². The summed E-state index contributed by atoms with van der Waals surface area (Å²) in [5.74, 6) is 0.594. The van der Waals surface area contributed by atoms with Crippen LogP contribution in [0, 0.1) is 6.92 Å². The molecule has 4 rings (SSSR count). The van der Waals surface area contributed by atoms with Crippen molar-refractivity contribution in [2.75, 3.05) is 6.54 Å². The average Bonchev–Trinajstić information content (AvgIpc) is 3.41. The number of nitrogens with one attached hydrogen (secondary N) is 2. The number of benzene rings is 2. The first-order chi connectivity index (χ1) is 14.9. The normalized spacial score (nSPS) is 11.8.